The van der Waals surface area contributed by atoms with Gasteiger partial charge in [-0.1, -0.05) is 0 Å². The standard InChI is InChI=1S/C23H25NO9S/c25-18(16-4-6-19-21(13-16)30-10-2-9-29-19)15-33-23(26)3-1-8-24-34(27,28)17-5-7-20-22(14-17)32-12-11-31-20/h4-7,13-14,24H,1-3,8-12,15H2. The summed E-state index contributed by atoms with van der Waals surface area (Å²) in [6, 6.07) is 9.19. The second kappa shape index (κ2) is 10.7. The summed E-state index contributed by atoms with van der Waals surface area (Å²) in [7, 11) is -3.78. The summed E-state index contributed by atoms with van der Waals surface area (Å²) in [6.45, 7) is 1.42. The number of carbonyl (C=O) groups excluding carboxylic acids is 2. The second-order valence-electron chi connectivity index (χ2n) is 7.60. The lowest BCUT2D eigenvalue weighted by atomic mass is 10.1. The van der Waals surface area contributed by atoms with Crippen molar-refractivity contribution in [2.75, 3.05) is 39.6 Å². The highest BCUT2D eigenvalue weighted by molar-refractivity contribution is 7.89. The molecule has 34 heavy (non-hydrogen) atoms. The van der Waals surface area contributed by atoms with Crippen molar-refractivity contribution in [3.8, 4) is 23.0 Å². The molecular weight excluding hydrogens is 466 g/mol. The smallest absolute Gasteiger partial charge is 0.306 e. The average molecular weight is 492 g/mol. The number of sulfonamides is 1. The molecule has 0 saturated carbocycles. The van der Waals surface area contributed by atoms with Gasteiger partial charge in [-0.2, -0.15) is 0 Å². The Hall–Kier alpha value is -3.31. The van der Waals surface area contributed by atoms with E-state index in [9.17, 15) is 18.0 Å². The van der Waals surface area contributed by atoms with Crippen LogP contribution in [0.25, 0.3) is 0 Å². The topological polar surface area (TPSA) is 126 Å². The molecule has 2 aliphatic rings. The van der Waals surface area contributed by atoms with Gasteiger partial charge in [0.15, 0.2) is 35.4 Å². The number of rotatable bonds is 9. The third kappa shape index (κ3) is 5.97. The van der Waals surface area contributed by atoms with Gasteiger partial charge in [-0.15, -0.1) is 0 Å². The van der Waals surface area contributed by atoms with Gasteiger partial charge >= 0.3 is 5.97 Å². The lowest BCUT2D eigenvalue weighted by Gasteiger charge is -2.18. The number of esters is 1. The summed E-state index contributed by atoms with van der Waals surface area (Å²) in [6.07, 6.45) is 0.918. The first kappa shape index (κ1) is 23.8. The van der Waals surface area contributed by atoms with Gasteiger partial charge in [-0.25, -0.2) is 13.1 Å². The first-order valence-corrected chi connectivity index (χ1v) is 12.4. The van der Waals surface area contributed by atoms with Gasteiger partial charge in [0.05, 0.1) is 18.1 Å². The van der Waals surface area contributed by atoms with Crippen molar-refractivity contribution < 1.29 is 41.7 Å². The lowest BCUT2D eigenvalue weighted by Crippen LogP contribution is -2.26. The van der Waals surface area contributed by atoms with E-state index < -0.39 is 22.6 Å². The maximum atomic E-state index is 12.5. The predicted octanol–water partition coefficient (Wildman–Crippen LogP) is 2.10. The van der Waals surface area contributed by atoms with Crippen LogP contribution in [0.2, 0.25) is 0 Å². The number of ether oxygens (including phenoxy) is 5. The predicted molar refractivity (Wildman–Crippen MR) is 119 cm³/mol. The van der Waals surface area contributed by atoms with Crippen molar-refractivity contribution in [2.45, 2.75) is 24.2 Å². The number of carbonyl (C=O) groups is 2. The fourth-order valence-corrected chi connectivity index (χ4v) is 4.44. The van der Waals surface area contributed by atoms with Crippen LogP contribution < -0.4 is 23.7 Å². The van der Waals surface area contributed by atoms with Crippen molar-refractivity contribution in [1.82, 2.24) is 4.72 Å². The van der Waals surface area contributed by atoms with E-state index in [1.807, 2.05) is 0 Å². The summed E-state index contributed by atoms with van der Waals surface area (Å²) >= 11 is 0. The van der Waals surface area contributed by atoms with Gasteiger partial charge in [0.2, 0.25) is 10.0 Å². The molecule has 0 unspecified atom stereocenters. The number of ketones is 1. The maximum Gasteiger partial charge on any atom is 0.306 e. The van der Waals surface area contributed by atoms with Crippen molar-refractivity contribution in [1.29, 1.82) is 0 Å². The van der Waals surface area contributed by atoms with Crippen molar-refractivity contribution in [3.63, 3.8) is 0 Å². The summed E-state index contributed by atoms with van der Waals surface area (Å²) < 4.78 is 54.3. The van der Waals surface area contributed by atoms with Crippen LogP contribution in [0.3, 0.4) is 0 Å². The molecule has 11 heteroatoms. The van der Waals surface area contributed by atoms with Crippen molar-refractivity contribution in [3.05, 3.63) is 42.0 Å². The van der Waals surface area contributed by atoms with E-state index in [4.69, 9.17) is 23.7 Å². The van der Waals surface area contributed by atoms with Gasteiger partial charge in [-0.05, 0) is 36.8 Å². The second-order valence-corrected chi connectivity index (χ2v) is 9.37. The molecule has 2 aromatic carbocycles. The zero-order chi connectivity index (χ0) is 24.0. The quantitative estimate of drug-likeness (QED) is 0.319. The fourth-order valence-electron chi connectivity index (χ4n) is 3.35. The van der Waals surface area contributed by atoms with E-state index in [1.165, 1.54) is 12.1 Å². The zero-order valence-corrected chi connectivity index (χ0v) is 19.2. The molecule has 4 rings (SSSR count). The first-order chi connectivity index (χ1) is 16.4. The molecule has 0 aromatic heterocycles. The monoisotopic (exact) mass is 491 g/mol. The van der Waals surface area contributed by atoms with Crippen LogP contribution in [0.1, 0.15) is 29.6 Å². The normalized spacial score (nSPS) is 14.7. The summed E-state index contributed by atoms with van der Waals surface area (Å²) in [4.78, 5) is 24.4. The molecule has 0 saturated heterocycles. The van der Waals surface area contributed by atoms with Crippen LogP contribution in [0.15, 0.2) is 41.3 Å². The van der Waals surface area contributed by atoms with Crippen molar-refractivity contribution in [2.24, 2.45) is 0 Å². The Balaban J connectivity index is 1.20. The van der Waals surface area contributed by atoms with Crippen LogP contribution in [-0.2, 0) is 19.6 Å². The molecule has 10 nitrogen and oxygen atoms in total. The Morgan fingerprint density at radius 1 is 0.853 bits per heavy atom. The molecule has 2 aliphatic heterocycles. The Bertz CT molecular complexity index is 1160. The van der Waals surface area contributed by atoms with Gasteiger partial charge in [-0.3, -0.25) is 9.59 Å². The molecule has 0 spiro atoms. The first-order valence-electron chi connectivity index (χ1n) is 10.9. The van der Waals surface area contributed by atoms with Gasteiger partial charge in [0.25, 0.3) is 0 Å². The average Bonchev–Trinajstić information content (AvgIpc) is 3.10. The SMILES string of the molecule is O=C(CCCNS(=O)(=O)c1ccc2c(c1)OCCO2)OCC(=O)c1ccc2c(c1)OCCCO2. The molecule has 0 bridgehead atoms. The Labute approximate surface area is 197 Å². The van der Waals surface area contributed by atoms with E-state index in [0.717, 1.165) is 6.42 Å². The fraction of sp³-hybridized carbons (Fsp3) is 0.391. The molecule has 0 radical (unpaired) electrons. The van der Waals surface area contributed by atoms with E-state index in [0.29, 0.717) is 55.0 Å². The molecule has 0 amide bonds. The van der Waals surface area contributed by atoms with Gasteiger partial charge in [0, 0.05) is 31.0 Å². The minimum Gasteiger partial charge on any atom is -0.490 e. The van der Waals surface area contributed by atoms with Crippen LogP contribution >= 0.6 is 0 Å². The zero-order valence-electron chi connectivity index (χ0n) is 18.4. The highest BCUT2D eigenvalue weighted by Crippen LogP contribution is 2.32. The number of nitrogens with one attached hydrogen (secondary N) is 1. The highest BCUT2D eigenvalue weighted by Gasteiger charge is 2.20. The third-order valence-electron chi connectivity index (χ3n) is 5.11. The molecule has 0 fully saturated rings. The molecule has 0 aliphatic carbocycles. The highest BCUT2D eigenvalue weighted by atomic mass is 32.2. The minimum absolute atomic E-state index is 0.0297. The van der Waals surface area contributed by atoms with E-state index in [2.05, 4.69) is 4.72 Å². The largest absolute Gasteiger partial charge is 0.490 e. The van der Waals surface area contributed by atoms with Crippen molar-refractivity contribution >= 4 is 21.8 Å². The number of fused-ring (bicyclic) bond motifs is 2. The van der Waals surface area contributed by atoms with E-state index in [-0.39, 0.29) is 30.1 Å². The van der Waals surface area contributed by atoms with Gasteiger partial charge in [0.1, 0.15) is 13.2 Å². The van der Waals surface area contributed by atoms with E-state index in [1.54, 1.807) is 24.3 Å². The summed E-state index contributed by atoms with van der Waals surface area (Å²) in [5, 5.41) is 0. The maximum absolute atomic E-state index is 12.5. The molecule has 2 heterocycles. The molecular formula is C23H25NO9S. The Morgan fingerprint density at radius 2 is 1.50 bits per heavy atom. The lowest BCUT2D eigenvalue weighted by molar-refractivity contribution is -0.142. The minimum atomic E-state index is -3.78. The Morgan fingerprint density at radius 3 is 2.29 bits per heavy atom. The molecule has 0 atom stereocenters. The van der Waals surface area contributed by atoms with Crippen LogP contribution in [0.4, 0.5) is 0 Å². The molecule has 1 N–H and O–H groups in total. The molecule has 2 aromatic rings. The van der Waals surface area contributed by atoms with Crippen LogP contribution in [0, 0.1) is 0 Å². The number of Topliss-reactive ketones (excluding diaryl/α,β-unsaturated/α-hetero) is 1. The third-order valence-corrected chi connectivity index (χ3v) is 6.57. The Kier molecular flexibility index (Phi) is 7.53. The summed E-state index contributed by atoms with van der Waals surface area (Å²) in [5.41, 5.74) is 0.351. The molecule has 182 valence electrons. The summed E-state index contributed by atoms with van der Waals surface area (Å²) in [5.74, 6) is 0.958. The van der Waals surface area contributed by atoms with Crippen LogP contribution in [0.5, 0.6) is 23.0 Å². The van der Waals surface area contributed by atoms with Gasteiger partial charge < -0.3 is 23.7 Å². The van der Waals surface area contributed by atoms with Crippen LogP contribution in [-0.4, -0.2) is 59.7 Å². The van der Waals surface area contributed by atoms with E-state index >= 15 is 0 Å². The number of hydrogen-bond donors (Lipinski definition) is 1. The number of hydrogen-bond acceptors (Lipinski definition) is 9. The number of benzene rings is 2.